The highest BCUT2D eigenvalue weighted by atomic mass is 16.5. The molecule has 0 aliphatic carbocycles. The van der Waals surface area contributed by atoms with Crippen molar-refractivity contribution in [2.75, 3.05) is 19.0 Å². The number of hydrogen-bond donors (Lipinski definition) is 1. The molecule has 2 amide bonds. The van der Waals surface area contributed by atoms with Gasteiger partial charge >= 0.3 is 6.03 Å². The summed E-state index contributed by atoms with van der Waals surface area (Å²) in [6, 6.07) is 5.11. The van der Waals surface area contributed by atoms with E-state index in [1.54, 1.807) is 23.2 Å². The minimum absolute atomic E-state index is 0.0798. The molecule has 1 fully saturated rings. The standard InChI is InChI=1S/C15H18N4O3/c1-10-9-13(22-18-10)12-6-4-8-19(12)15(20)17-11-5-3-7-16-14(11)21-2/h3,5,7,9,12H,4,6,8H2,1-2H3,(H,17,20). The van der Waals surface area contributed by atoms with Gasteiger partial charge in [0.05, 0.1) is 18.8 Å². The smallest absolute Gasteiger partial charge is 0.322 e. The van der Waals surface area contributed by atoms with Crippen LogP contribution in [0, 0.1) is 6.92 Å². The van der Waals surface area contributed by atoms with Gasteiger partial charge in [-0.3, -0.25) is 0 Å². The lowest BCUT2D eigenvalue weighted by Crippen LogP contribution is -2.34. The molecule has 2 aromatic heterocycles. The summed E-state index contributed by atoms with van der Waals surface area (Å²) in [5, 5.41) is 6.75. The lowest BCUT2D eigenvalue weighted by Gasteiger charge is -2.23. The van der Waals surface area contributed by atoms with E-state index in [4.69, 9.17) is 9.26 Å². The number of nitrogens with zero attached hydrogens (tertiary/aromatic N) is 3. The fourth-order valence-corrected chi connectivity index (χ4v) is 2.68. The molecule has 3 heterocycles. The maximum Gasteiger partial charge on any atom is 0.322 e. The number of likely N-dealkylation sites (tertiary alicyclic amines) is 1. The topological polar surface area (TPSA) is 80.5 Å². The Labute approximate surface area is 128 Å². The van der Waals surface area contributed by atoms with Gasteiger partial charge in [0.25, 0.3) is 0 Å². The quantitative estimate of drug-likeness (QED) is 0.943. The maximum atomic E-state index is 12.5. The number of carbonyl (C=O) groups is 1. The molecule has 3 rings (SSSR count). The van der Waals surface area contributed by atoms with E-state index in [0.717, 1.165) is 24.3 Å². The van der Waals surface area contributed by atoms with Gasteiger partial charge in [0.15, 0.2) is 5.76 Å². The minimum Gasteiger partial charge on any atom is -0.480 e. The SMILES string of the molecule is COc1ncccc1NC(=O)N1CCCC1c1cc(C)no1. The Morgan fingerprint density at radius 3 is 3.14 bits per heavy atom. The number of rotatable bonds is 3. The summed E-state index contributed by atoms with van der Waals surface area (Å²) < 4.78 is 10.5. The molecule has 0 bridgehead atoms. The van der Waals surface area contributed by atoms with E-state index < -0.39 is 0 Å². The molecule has 1 aliphatic heterocycles. The Balaban J connectivity index is 1.76. The third-order valence-corrected chi connectivity index (χ3v) is 3.69. The summed E-state index contributed by atoms with van der Waals surface area (Å²) in [6.07, 6.45) is 3.42. The number of carbonyl (C=O) groups excluding carboxylic acids is 1. The third-order valence-electron chi connectivity index (χ3n) is 3.69. The highest BCUT2D eigenvalue weighted by Crippen LogP contribution is 2.33. The number of nitrogens with one attached hydrogen (secondary N) is 1. The van der Waals surface area contributed by atoms with E-state index in [0.29, 0.717) is 18.1 Å². The monoisotopic (exact) mass is 302 g/mol. The second kappa shape index (κ2) is 6.05. The van der Waals surface area contributed by atoms with Crippen LogP contribution >= 0.6 is 0 Å². The van der Waals surface area contributed by atoms with Crippen LogP contribution in [0.3, 0.4) is 0 Å². The molecule has 1 N–H and O–H groups in total. The summed E-state index contributed by atoms with van der Waals surface area (Å²) in [6.45, 7) is 2.55. The minimum atomic E-state index is -0.192. The number of ether oxygens (including phenoxy) is 1. The zero-order valence-corrected chi connectivity index (χ0v) is 12.6. The van der Waals surface area contributed by atoms with Crippen LogP contribution in [0.4, 0.5) is 10.5 Å². The van der Waals surface area contributed by atoms with Crippen molar-refractivity contribution in [3.05, 3.63) is 35.9 Å². The van der Waals surface area contributed by atoms with Crippen LogP contribution < -0.4 is 10.1 Å². The largest absolute Gasteiger partial charge is 0.480 e. The number of pyridine rings is 1. The second-order valence-corrected chi connectivity index (χ2v) is 5.21. The fraction of sp³-hybridized carbons (Fsp3) is 0.400. The van der Waals surface area contributed by atoms with Crippen LogP contribution in [0.2, 0.25) is 0 Å². The third kappa shape index (κ3) is 2.74. The molecule has 1 aliphatic rings. The Kier molecular flexibility index (Phi) is 3.95. The highest BCUT2D eigenvalue weighted by Gasteiger charge is 2.33. The molecule has 1 atom stereocenters. The van der Waals surface area contributed by atoms with Crippen molar-refractivity contribution >= 4 is 11.7 Å². The van der Waals surface area contributed by atoms with Gasteiger partial charge in [0.2, 0.25) is 5.88 Å². The zero-order valence-electron chi connectivity index (χ0n) is 12.6. The number of aryl methyl sites for hydroxylation is 1. The zero-order chi connectivity index (χ0) is 15.5. The van der Waals surface area contributed by atoms with E-state index in [1.165, 1.54) is 7.11 Å². The number of methoxy groups -OCH3 is 1. The summed E-state index contributed by atoms with van der Waals surface area (Å²) in [5.41, 5.74) is 1.37. The van der Waals surface area contributed by atoms with E-state index in [2.05, 4.69) is 15.5 Å². The molecule has 22 heavy (non-hydrogen) atoms. The Bertz CT molecular complexity index is 670. The second-order valence-electron chi connectivity index (χ2n) is 5.21. The lowest BCUT2D eigenvalue weighted by molar-refractivity contribution is 0.195. The maximum absolute atomic E-state index is 12.5. The number of anilines is 1. The molecule has 2 aromatic rings. The number of aromatic nitrogens is 2. The summed E-state index contributed by atoms with van der Waals surface area (Å²) in [7, 11) is 1.52. The highest BCUT2D eigenvalue weighted by molar-refractivity contribution is 5.91. The fourth-order valence-electron chi connectivity index (χ4n) is 2.68. The number of urea groups is 1. The Morgan fingerprint density at radius 1 is 1.55 bits per heavy atom. The number of hydrogen-bond acceptors (Lipinski definition) is 5. The van der Waals surface area contributed by atoms with E-state index >= 15 is 0 Å². The first-order valence-electron chi connectivity index (χ1n) is 7.19. The molecule has 0 aromatic carbocycles. The average Bonchev–Trinajstić information content (AvgIpc) is 3.16. The van der Waals surface area contributed by atoms with Crippen molar-refractivity contribution in [1.82, 2.24) is 15.0 Å². The van der Waals surface area contributed by atoms with Crippen molar-refractivity contribution in [2.24, 2.45) is 0 Å². The molecule has 7 heteroatoms. The van der Waals surface area contributed by atoms with Gasteiger partial charge in [-0.05, 0) is 31.9 Å². The van der Waals surface area contributed by atoms with Gasteiger partial charge < -0.3 is 19.5 Å². The predicted octanol–water partition coefficient (Wildman–Crippen LogP) is 2.76. The van der Waals surface area contributed by atoms with E-state index in [-0.39, 0.29) is 12.1 Å². The van der Waals surface area contributed by atoms with Crippen molar-refractivity contribution in [1.29, 1.82) is 0 Å². The van der Waals surface area contributed by atoms with Crippen molar-refractivity contribution < 1.29 is 14.1 Å². The van der Waals surface area contributed by atoms with E-state index in [9.17, 15) is 4.79 Å². The molecule has 0 spiro atoms. The first kappa shape index (κ1) is 14.4. The van der Waals surface area contributed by atoms with Crippen LogP contribution in [0.5, 0.6) is 5.88 Å². The van der Waals surface area contributed by atoms with Crippen molar-refractivity contribution in [3.8, 4) is 5.88 Å². The Hall–Kier alpha value is -2.57. The number of amides is 2. The Morgan fingerprint density at radius 2 is 2.41 bits per heavy atom. The van der Waals surface area contributed by atoms with Crippen molar-refractivity contribution in [3.63, 3.8) is 0 Å². The molecule has 116 valence electrons. The van der Waals surface area contributed by atoms with Gasteiger partial charge in [0, 0.05) is 18.8 Å². The molecular formula is C15H18N4O3. The summed E-state index contributed by atoms with van der Waals surface area (Å²) in [4.78, 5) is 18.4. The van der Waals surface area contributed by atoms with Gasteiger partial charge in [-0.1, -0.05) is 5.16 Å². The van der Waals surface area contributed by atoms with Crippen LogP contribution in [0.1, 0.15) is 30.3 Å². The molecule has 0 radical (unpaired) electrons. The van der Waals surface area contributed by atoms with Crippen LogP contribution in [-0.4, -0.2) is 34.7 Å². The first-order valence-corrected chi connectivity index (χ1v) is 7.19. The average molecular weight is 302 g/mol. The van der Waals surface area contributed by atoms with Crippen molar-refractivity contribution in [2.45, 2.75) is 25.8 Å². The van der Waals surface area contributed by atoms with Gasteiger partial charge in [-0.25, -0.2) is 9.78 Å². The normalized spacial score (nSPS) is 17.5. The lowest BCUT2D eigenvalue weighted by atomic mass is 10.1. The van der Waals surface area contributed by atoms with Gasteiger partial charge in [-0.15, -0.1) is 0 Å². The van der Waals surface area contributed by atoms with Crippen LogP contribution in [-0.2, 0) is 0 Å². The molecule has 1 saturated heterocycles. The first-order chi connectivity index (χ1) is 10.7. The summed E-state index contributed by atoms with van der Waals surface area (Å²) in [5.74, 6) is 1.12. The molecule has 1 unspecified atom stereocenters. The molecule has 7 nitrogen and oxygen atoms in total. The van der Waals surface area contributed by atoms with Crippen LogP contribution in [0.25, 0.3) is 0 Å². The van der Waals surface area contributed by atoms with E-state index in [1.807, 2.05) is 13.0 Å². The van der Waals surface area contributed by atoms with Gasteiger partial charge in [-0.2, -0.15) is 0 Å². The van der Waals surface area contributed by atoms with Crippen LogP contribution in [0.15, 0.2) is 28.9 Å². The molecular weight excluding hydrogens is 284 g/mol. The van der Waals surface area contributed by atoms with Gasteiger partial charge in [0.1, 0.15) is 5.69 Å². The molecule has 0 saturated carbocycles. The predicted molar refractivity (Wildman–Crippen MR) is 79.7 cm³/mol. The summed E-state index contributed by atoms with van der Waals surface area (Å²) >= 11 is 0.